The molecule has 1 aliphatic heterocycles. The van der Waals surface area contributed by atoms with Crippen molar-refractivity contribution in [3.8, 4) is 0 Å². The number of amides is 4. The zero-order valence-electron chi connectivity index (χ0n) is 12.6. The lowest BCUT2D eigenvalue weighted by Gasteiger charge is -2.27. The van der Waals surface area contributed by atoms with Gasteiger partial charge >= 0.3 is 12.1 Å². The van der Waals surface area contributed by atoms with Crippen molar-refractivity contribution < 1.29 is 19.1 Å². The summed E-state index contributed by atoms with van der Waals surface area (Å²) in [7, 11) is 0. The molecule has 22 heavy (non-hydrogen) atoms. The highest BCUT2D eigenvalue weighted by atomic mass is 16.6. The molecule has 3 N–H and O–H groups in total. The summed E-state index contributed by atoms with van der Waals surface area (Å²) < 4.78 is 5.13. The van der Waals surface area contributed by atoms with E-state index in [1.165, 1.54) is 12.4 Å². The maximum atomic E-state index is 12.2. The number of urea groups is 1. The Morgan fingerprint density at radius 1 is 1.32 bits per heavy atom. The van der Waals surface area contributed by atoms with Crippen LogP contribution in [0.15, 0.2) is 24.5 Å². The lowest BCUT2D eigenvalue weighted by molar-refractivity contribution is -0.124. The van der Waals surface area contributed by atoms with E-state index in [4.69, 9.17) is 4.74 Å². The van der Waals surface area contributed by atoms with Gasteiger partial charge in [-0.3, -0.25) is 15.1 Å². The SMILES string of the molecule is CC(C)(C)OC(=O)NC[C@@]1(c2ccncc2)NC(=O)NC1=O. The normalized spacial score (nSPS) is 21.0. The van der Waals surface area contributed by atoms with Gasteiger partial charge in [-0.15, -0.1) is 0 Å². The Kier molecular flexibility index (Phi) is 4.03. The molecule has 118 valence electrons. The fraction of sp³-hybridized carbons (Fsp3) is 0.429. The predicted molar refractivity (Wildman–Crippen MR) is 76.8 cm³/mol. The Morgan fingerprint density at radius 3 is 2.45 bits per heavy atom. The zero-order chi connectivity index (χ0) is 16.4. The Hall–Kier alpha value is -2.64. The fourth-order valence-corrected chi connectivity index (χ4v) is 2.08. The maximum Gasteiger partial charge on any atom is 0.407 e. The largest absolute Gasteiger partial charge is 0.444 e. The van der Waals surface area contributed by atoms with E-state index < -0.39 is 29.2 Å². The average molecular weight is 306 g/mol. The van der Waals surface area contributed by atoms with Crippen molar-refractivity contribution in [2.24, 2.45) is 0 Å². The molecule has 2 rings (SSSR count). The van der Waals surface area contributed by atoms with Crippen LogP contribution in [0.25, 0.3) is 0 Å². The van der Waals surface area contributed by atoms with E-state index in [1.807, 2.05) is 0 Å². The molecule has 1 saturated heterocycles. The van der Waals surface area contributed by atoms with E-state index in [2.05, 4.69) is 20.9 Å². The van der Waals surface area contributed by atoms with Crippen molar-refractivity contribution in [1.29, 1.82) is 0 Å². The first-order valence-electron chi connectivity index (χ1n) is 6.74. The second-order valence-electron chi connectivity index (χ2n) is 5.90. The molecule has 4 amide bonds. The molecule has 8 nitrogen and oxygen atoms in total. The molecule has 0 saturated carbocycles. The van der Waals surface area contributed by atoms with Crippen LogP contribution >= 0.6 is 0 Å². The lowest BCUT2D eigenvalue weighted by atomic mass is 9.90. The predicted octanol–water partition coefficient (Wildman–Crippen LogP) is 0.641. The van der Waals surface area contributed by atoms with E-state index >= 15 is 0 Å². The molecule has 1 fully saturated rings. The molecule has 0 aliphatic carbocycles. The second kappa shape index (κ2) is 5.63. The quantitative estimate of drug-likeness (QED) is 0.710. The second-order valence-corrected chi connectivity index (χ2v) is 5.90. The minimum absolute atomic E-state index is 0.135. The van der Waals surface area contributed by atoms with Crippen molar-refractivity contribution >= 4 is 18.0 Å². The number of imide groups is 1. The van der Waals surface area contributed by atoms with E-state index in [0.29, 0.717) is 5.56 Å². The molecule has 0 bridgehead atoms. The minimum Gasteiger partial charge on any atom is -0.444 e. The highest BCUT2D eigenvalue weighted by Crippen LogP contribution is 2.24. The average Bonchev–Trinajstić information content (AvgIpc) is 2.71. The third-order valence-corrected chi connectivity index (χ3v) is 3.01. The van der Waals surface area contributed by atoms with Gasteiger partial charge < -0.3 is 15.4 Å². The molecule has 8 heteroatoms. The number of pyridine rings is 1. The first-order chi connectivity index (χ1) is 10.2. The number of rotatable bonds is 3. The molecule has 2 heterocycles. The van der Waals surface area contributed by atoms with Gasteiger partial charge in [-0.05, 0) is 38.5 Å². The maximum absolute atomic E-state index is 12.2. The molecule has 0 radical (unpaired) electrons. The summed E-state index contributed by atoms with van der Waals surface area (Å²) in [5.74, 6) is -0.542. The topological polar surface area (TPSA) is 109 Å². The third kappa shape index (κ3) is 3.33. The van der Waals surface area contributed by atoms with Crippen LogP contribution < -0.4 is 16.0 Å². The van der Waals surface area contributed by atoms with Crippen molar-refractivity contribution in [2.45, 2.75) is 31.9 Å². The number of carbonyl (C=O) groups is 3. The summed E-state index contributed by atoms with van der Waals surface area (Å²) in [4.78, 5) is 39.4. The molecule has 0 unspecified atom stereocenters. The molecular weight excluding hydrogens is 288 g/mol. The molecular formula is C14H18N4O4. The third-order valence-electron chi connectivity index (χ3n) is 3.01. The minimum atomic E-state index is -1.38. The van der Waals surface area contributed by atoms with Crippen LogP contribution in [0.4, 0.5) is 9.59 Å². The van der Waals surface area contributed by atoms with Gasteiger partial charge in [0, 0.05) is 12.4 Å². The molecule has 1 atom stereocenters. The Morgan fingerprint density at radius 2 is 1.95 bits per heavy atom. The number of aromatic nitrogens is 1. The van der Waals surface area contributed by atoms with Gasteiger partial charge in [-0.1, -0.05) is 0 Å². The molecule has 0 aromatic carbocycles. The standard InChI is InChI=1S/C14H18N4O4/c1-13(2,3)22-12(21)16-8-14(9-4-6-15-7-5-9)10(19)17-11(20)18-14/h4-7H,8H2,1-3H3,(H,16,21)(H2,17,18,19,20)/t14-/m0/s1. The summed E-state index contributed by atoms with van der Waals surface area (Å²) in [6.07, 6.45) is 2.33. The van der Waals surface area contributed by atoms with Crippen molar-refractivity contribution in [3.05, 3.63) is 30.1 Å². The zero-order valence-corrected chi connectivity index (χ0v) is 12.6. The molecule has 0 spiro atoms. The van der Waals surface area contributed by atoms with E-state index in [9.17, 15) is 14.4 Å². The summed E-state index contributed by atoms with van der Waals surface area (Å²) in [5.41, 5.74) is -1.52. The van der Waals surface area contributed by atoms with Crippen molar-refractivity contribution in [1.82, 2.24) is 20.9 Å². The number of ether oxygens (including phenoxy) is 1. The Balaban J connectivity index is 2.19. The number of hydrogen-bond acceptors (Lipinski definition) is 5. The Bertz CT molecular complexity index is 597. The van der Waals surface area contributed by atoms with Crippen molar-refractivity contribution in [3.63, 3.8) is 0 Å². The summed E-state index contributed by atoms with van der Waals surface area (Å²) >= 11 is 0. The van der Waals surface area contributed by atoms with Crippen LogP contribution in [0.2, 0.25) is 0 Å². The smallest absolute Gasteiger partial charge is 0.407 e. The van der Waals surface area contributed by atoms with Gasteiger partial charge in [0.1, 0.15) is 5.60 Å². The highest BCUT2D eigenvalue weighted by molar-refractivity contribution is 6.07. The van der Waals surface area contributed by atoms with Crippen LogP contribution in [0, 0.1) is 0 Å². The number of carbonyl (C=O) groups excluding carboxylic acids is 3. The van der Waals surface area contributed by atoms with Gasteiger partial charge in [0.05, 0.1) is 6.54 Å². The van der Waals surface area contributed by atoms with Crippen LogP contribution in [-0.4, -0.2) is 35.2 Å². The van der Waals surface area contributed by atoms with Crippen molar-refractivity contribution in [2.75, 3.05) is 6.54 Å². The molecule has 1 aromatic rings. The first kappa shape index (κ1) is 15.7. The lowest BCUT2D eigenvalue weighted by Crippen LogP contribution is -2.53. The number of nitrogens with zero attached hydrogens (tertiary/aromatic N) is 1. The summed E-state index contributed by atoms with van der Waals surface area (Å²) in [6.45, 7) is 5.06. The van der Waals surface area contributed by atoms with Crippen LogP contribution in [-0.2, 0) is 15.1 Å². The van der Waals surface area contributed by atoms with Gasteiger partial charge in [0.2, 0.25) is 0 Å². The molecule has 1 aromatic heterocycles. The highest BCUT2D eigenvalue weighted by Gasteiger charge is 2.48. The van der Waals surface area contributed by atoms with Crippen LogP contribution in [0.1, 0.15) is 26.3 Å². The van der Waals surface area contributed by atoms with E-state index in [0.717, 1.165) is 0 Å². The summed E-state index contributed by atoms with van der Waals surface area (Å²) in [5, 5.41) is 7.24. The first-order valence-corrected chi connectivity index (χ1v) is 6.74. The van der Waals surface area contributed by atoms with Crippen LogP contribution in [0.3, 0.4) is 0 Å². The number of hydrogen-bond donors (Lipinski definition) is 3. The van der Waals surface area contributed by atoms with E-state index in [1.54, 1.807) is 32.9 Å². The van der Waals surface area contributed by atoms with Crippen LogP contribution in [0.5, 0.6) is 0 Å². The van der Waals surface area contributed by atoms with Gasteiger partial charge in [-0.2, -0.15) is 0 Å². The monoisotopic (exact) mass is 306 g/mol. The van der Waals surface area contributed by atoms with Gasteiger partial charge in [0.15, 0.2) is 5.54 Å². The fourth-order valence-electron chi connectivity index (χ4n) is 2.08. The number of alkyl carbamates (subject to hydrolysis) is 1. The number of nitrogens with one attached hydrogen (secondary N) is 3. The summed E-state index contributed by atoms with van der Waals surface area (Å²) in [6, 6.07) is 2.58. The Labute approximate surface area is 127 Å². The van der Waals surface area contributed by atoms with Gasteiger partial charge in [0.25, 0.3) is 5.91 Å². The molecule has 1 aliphatic rings. The van der Waals surface area contributed by atoms with E-state index in [-0.39, 0.29) is 6.54 Å². The van der Waals surface area contributed by atoms with Gasteiger partial charge in [-0.25, -0.2) is 9.59 Å².